The van der Waals surface area contributed by atoms with Crippen molar-refractivity contribution in [3.8, 4) is 0 Å². The van der Waals surface area contributed by atoms with Crippen LogP contribution in [0.5, 0.6) is 0 Å². The summed E-state index contributed by atoms with van der Waals surface area (Å²) < 4.78 is 65.7. The molecule has 1 aliphatic rings. The van der Waals surface area contributed by atoms with Crippen molar-refractivity contribution in [1.82, 2.24) is 4.90 Å². The van der Waals surface area contributed by atoms with Crippen molar-refractivity contribution in [3.05, 3.63) is 70.8 Å². The predicted octanol–water partition coefficient (Wildman–Crippen LogP) is 5.35. The van der Waals surface area contributed by atoms with Gasteiger partial charge >= 0.3 is 6.18 Å². The van der Waals surface area contributed by atoms with Crippen molar-refractivity contribution in [3.63, 3.8) is 0 Å². The Kier molecular flexibility index (Phi) is 4.73. The second kappa shape index (κ2) is 6.70. The molecule has 26 heavy (non-hydrogen) atoms. The molecule has 0 N–H and O–H groups in total. The average Bonchev–Trinajstić information content (AvgIpc) is 3.38. The molecule has 2 nitrogen and oxygen atoms in total. The minimum Gasteiger partial charge on any atom is -0.329 e. The Balaban J connectivity index is 1.94. The third-order valence-electron chi connectivity index (χ3n) is 4.40. The SMILES string of the molecule is C[C@@H](c1cccc(C(F)(F)F)c1)N(C(=O)c1cc(F)cc(F)c1)C1CC1. The van der Waals surface area contributed by atoms with Crippen molar-refractivity contribution < 1.29 is 26.7 Å². The van der Waals surface area contributed by atoms with E-state index in [2.05, 4.69) is 0 Å². The van der Waals surface area contributed by atoms with E-state index < -0.39 is 35.3 Å². The number of hydrogen-bond acceptors (Lipinski definition) is 1. The highest BCUT2D eigenvalue weighted by atomic mass is 19.4. The Hall–Kier alpha value is -2.44. The molecular weight excluding hydrogens is 353 g/mol. The van der Waals surface area contributed by atoms with Gasteiger partial charge in [0.25, 0.3) is 5.91 Å². The molecule has 0 heterocycles. The molecule has 0 spiro atoms. The number of halogens is 5. The van der Waals surface area contributed by atoms with Crippen molar-refractivity contribution in [2.45, 2.75) is 38.0 Å². The third-order valence-corrected chi connectivity index (χ3v) is 4.40. The van der Waals surface area contributed by atoms with Gasteiger partial charge in [-0.2, -0.15) is 13.2 Å². The molecule has 0 unspecified atom stereocenters. The first kappa shape index (κ1) is 18.4. The summed E-state index contributed by atoms with van der Waals surface area (Å²) in [5.41, 5.74) is -0.646. The molecule has 1 amide bonds. The van der Waals surface area contributed by atoms with Crippen LogP contribution in [0, 0.1) is 11.6 Å². The number of benzene rings is 2. The van der Waals surface area contributed by atoms with E-state index in [4.69, 9.17) is 0 Å². The van der Waals surface area contributed by atoms with Crippen LogP contribution < -0.4 is 0 Å². The van der Waals surface area contributed by atoms with Crippen molar-refractivity contribution in [1.29, 1.82) is 0 Å². The molecule has 1 saturated carbocycles. The molecule has 0 aromatic heterocycles. The van der Waals surface area contributed by atoms with E-state index in [1.807, 2.05) is 0 Å². The van der Waals surface area contributed by atoms with E-state index in [9.17, 15) is 26.7 Å². The molecule has 0 aliphatic heterocycles. The number of rotatable bonds is 4. The van der Waals surface area contributed by atoms with Gasteiger partial charge in [0.1, 0.15) is 11.6 Å². The number of nitrogens with zero attached hydrogens (tertiary/aromatic N) is 1. The molecule has 0 bridgehead atoms. The minimum atomic E-state index is -4.49. The maximum absolute atomic E-state index is 13.4. The normalized spacial score (nSPS) is 15.6. The van der Waals surface area contributed by atoms with Crippen LogP contribution in [0.15, 0.2) is 42.5 Å². The van der Waals surface area contributed by atoms with Gasteiger partial charge in [-0.25, -0.2) is 8.78 Å². The van der Waals surface area contributed by atoms with Gasteiger partial charge in [-0.15, -0.1) is 0 Å². The van der Waals surface area contributed by atoms with Gasteiger partial charge in [-0.1, -0.05) is 12.1 Å². The lowest BCUT2D eigenvalue weighted by atomic mass is 10.0. The van der Waals surface area contributed by atoms with Gasteiger partial charge in [-0.05, 0) is 49.6 Å². The van der Waals surface area contributed by atoms with E-state index in [0.29, 0.717) is 24.5 Å². The Morgan fingerprint density at radius 3 is 2.23 bits per heavy atom. The van der Waals surface area contributed by atoms with Crippen molar-refractivity contribution in [2.24, 2.45) is 0 Å². The number of carbonyl (C=O) groups excluding carboxylic acids is 1. The van der Waals surface area contributed by atoms with E-state index in [-0.39, 0.29) is 11.6 Å². The first-order valence-corrected chi connectivity index (χ1v) is 8.12. The molecule has 3 rings (SSSR count). The van der Waals surface area contributed by atoms with E-state index in [1.165, 1.54) is 17.0 Å². The quantitative estimate of drug-likeness (QED) is 0.666. The lowest BCUT2D eigenvalue weighted by Gasteiger charge is -2.30. The highest BCUT2D eigenvalue weighted by Crippen LogP contribution is 2.37. The average molecular weight is 369 g/mol. The largest absolute Gasteiger partial charge is 0.416 e. The van der Waals surface area contributed by atoms with Gasteiger partial charge < -0.3 is 4.90 Å². The van der Waals surface area contributed by atoms with E-state index >= 15 is 0 Å². The summed E-state index contributed by atoms with van der Waals surface area (Å²) in [5.74, 6) is -2.36. The standard InChI is InChI=1S/C19H16F5NO/c1-11(12-3-2-4-14(7-12)19(22,23)24)25(17-5-6-17)18(26)13-8-15(20)10-16(21)9-13/h2-4,7-11,17H,5-6H2,1H3/t11-/m0/s1. The van der Waals surface area contributed by atoms with Crippen LogP contribution in [0.2, 0.25) is 0 Å². The molecule has 1 fully saturated rings. The molecule has 1 aliphatic carbocycles. The molecular formula is C19H16F5NO. The smallest absolute Gasteiger partial charge is 0.329 e. The predicted molar refractivity (Wildman–Crippen MR) is 85.4 cm³/mol. The highest BCUT2D eigenvalue weighted by molar-refractivity contribution is 5.95. The third kappa shape index (κ3) is 3.86. The summed E-state index contributed by atoms with van der Waals surface area (Å²) in [5, 5.41) is 0. The van der Waals surface area contributed by atoms with Gasteiger partial charge in [0, 0.05) is 17.7 Å². The van der Waals surface area contributed by atoms with Crippen LogP contribution in [-0.2, 0) is 6.18 Å². The van der Waals surface area contributed by atoms with Crippen LogP contribution in [0.3, 0.4) is 0 Å². The van der Waals surface area contributed by atoms with Crippen molar-refractivity contribution in [2.75, 3.05) is 0 Å². The Morgan fingerprint density at radius 1 is 1.08 bits per heavy atom. The van der Waals surface area contributed by atoms with Gasteiger partial charge in [-0.3, -0.25) is 4.79 Å². The molecule has 2 aromatic carbocycles. The number of alkyl halides is 3. The van der Waals surface area contributed by atoms with Crippen LogP contribution in [0.1, 0.15) is 47.3 Å². The summed E-state index contributed by atoms with van der Waals surface area (Å²) in [7, 11) is 0. The summed E-state index contributed by atoms with van der Waals surface area (Å²) in [6, 6.07) is 6.46. The minimum absolute atomic E-state index is 0.154. The summed E-state index contributed by atoms with van der Waals surface area (Å²) in [4.78, 5) is 14.2. The lowest BCUT2D eigenvalue weighted by Crippen LogP contribution is -2.35. The molecule has 0 radical (unpaired) electrons. The Morgan fingerprint density at radius 2 is 1.69 bits per heavy atom. The molecule has 138 valence electrons. The Bertz CT molecular complexity index is 809. The number of carbonyl (C=O) groups is 1. The van der Waals surface area contributed by atoms with Crippen LogP contribution in [0.4, 0.5) is 22.0 Å². The fourth-order valence-corrected chi connectivity index (χ4v) is 2.97. The zero-order valence-electron chi connectivity index (χ0n) is 13.9. The fourth-order valence-electron chi connectivity index (χ4n) is 2.97. The van der Waals surface area contributed by atoms with Gasteiger partial charge in [0.15, 0.2) is 0 Å². The summed E-state index contributed by atoms with van der Waals surface area (Å²) in [6.07, 6.45) is -3.09. The second-order valence-corrected chi connectivity index (χ2v) is 6.40. The monoisotopic (exact) mass is 369 g/mol. The van der Waals surface area contributed by atoms with E-state index in [1.54, 1.807) is 6.92 Å². The second-order valence-electron chi connectivity index (χ2n) is 6.40. The molecule has 2 aromatic rings. The summed E-state index contributed by atoms with van der Waals surface area (Å²) >= 11 is 0. The lowest BCUT2D eigenvalue weighted by molar-refractivity contribution is -0.137. The molecule has 0 saturated heterocycles. The number of hydrogen-bond donors (Lipinski definition) is 0. The fraction of sp³-hybridized carbons (Fsp3) is 0.316. The first-order valence-electron chi connectivity index (χ1n) is 8.12. The topological polar surface area (TPSA) is 20.3 Å². The number of amides is 1. The summed E-state index contributed by atoms with van der Waals surface area (Å²) in [6.45, 7) is 1.61. The van der Waals surface area contributed by atoms with Crippen LogP contribution >= 0.6 is 0 Å². The highest BCUT2D eigenvalue weighted by Gasteiger charge is 2.38. The molecule has 1 atom stereocenters. The van der Waals surface area contributed by atoms with Crippen molar-refractivity contribution >= 4 is 5.91 Å². The first-order chi connectivity index (χ1) is 12.2. The van der Waals surface area contributed by atoms with Crippen LogP contribution in [-0.4, -0.2) is 16.8 Å². The maximum atomic E-state index is 13.4. The van der Waals surface area contributed by atoms with E-state index in [0.717, 1.165) is 24.3 Å². The zero-order chi connectivity index (χ0) is 19.1. The van der Waals surface area contributed by atoms with Gasteiger partial charge in [0.05, 0.1) is 11.6 Å². The zero-order valence-corrected chi connectivity index (χ0v) is 13.9. The van der Waals surface area contributed by atoms with Gasteiger partial charge in [0.2, 0.25) is 0 Å². The van der Waals surface area contributed by atoms with Crippen LogP contribution in [0.25, 0.3) is 0 Å². The Labute approximate surface area is 147 Å². The maximum Gasteiger partial charge on any atom is 0.416 e. The molecule has 7 heteroatoms.